The maximum absolute atomic E-state index is 4.36. The van der Waals surface area contributed by atoms with Crippen LogP contribution < -0.4 is 4.68 Å². The van der Waals surface area contributed by atoms with Crippen LogP contribution in [0, 0.1) is 6.92 Å². The highest BCUT2D eigenvalue weighted by molar-refractivity contribution is 5.58. The van der Waals surface area contributed by atoms with E-state index >= 15 is 0 Å². The van der Waals surface area contributed by atoms with E-state index in [9.17, 15) is 0 Å². The van der Waals surface area contributed by atoms with Gasteiger partial charge < -0.3 is 0 Å². The van der Waals surface area contributed by atoms with Crippen LogP contribution in [0.4, 0.5) is 0 Å². The number of hydrogen-bond acceptors (Lipinski definition) is 2. The third-order valence-electron chi connectivity index (χ3n) is 3.90. The zero-order valence-electron chi connectivity index (χ0n) is 12.5. The van der Waals surface area contributed by atoms with E-state index in [0.29, 0.717) is 0 Å². The molecule has 2 aromatic heterocycles. The molecule has 5 heteroatoms. The summed E-state index contributed by atoms with van der Waals surface area (Å²) in [5.41, 5.74) is 2.16. The van der Waals surface area contributed by atoms with Crippen LogP contribution in [0.3, 0.4) is 0 Å². The Hall–Kier alpha value is -2.95. The van der Waals surface area contributed by atoms with Gasteiger partial charge in [-0.25, -0.2) is 0 Å². The second-order valence-electron chi connectivity index (χ2n) is 5.24. The van der Waals surface area contributed by atoms with Crippen molar-refractivity contribution < 1.29 is 4.68 Å². The average Bonchev–Trinajstić information content (AvgIpc) is 3.10. The summed E-state index contributed by atoms with van der Waals surface area (Å²) in [4.78, 5) is 0. The number of fused-ring (bicyclic) bond motifs is 1. The van der Waals surface area contributed by atoms with Crippen molar-refractivity contribution in [1.82, 2.24) is 19.3 Å². The van der Waals surface area contributed by atoms with E-state index in [1.54, 1.807) is 0 Å². The highest BCUT2D eigenvalue weighted by Gasteiger charge is 2.27. The van der Waals surface area contributed by atoms with Gasteiger partial charge in [0.25, 0.3) is 11.6 Å². The Balaban J connectivity index is 2.02. The summed E-state index contributed by atoms with van der Waals surface area (Å²) in [6.45, 7) is 2.08. The molecular weight excluding hydrogens is 274 g/mol. The number of benzene rings is 2. The number of aryl methyl sites for hydroxylation is 2. The lowest BCUT2D eigenvalue weighted by Crippen LogP contribution is -2.41. The first-order chi connectivity index (χ1) is 10.8. The fourth-order valence-corrected chi connectivity index (χ4v) is 2.89. The van der Waals surface area contributed by atoms with E-state index in [4.69, 9.17) is 0 Å². The fraction of sp³-hybridized carbons (Fsp3) is 0.118. The molecule has 2 aromatic carbocycles. The maximum Gasteiger partial charge on any atom is 0.359 e. The molecule has 0 radical (unpaired) electrons. The lowest BCUT2D eigenvalue weighted by molar-refractivity contribution is -0.688. The van der Waals surface area contributed by atoms with Gasteiger partial charge in [-0.2, -0.15) is 4.68 Å². The Morgan fingerprint density at radius 3 is 2.18 bits per heavy atom. The topological polar surface area (TPSA) is 39.0 Å². The smallest absolute Gasteiger partial charge is 0.157 e. The first-order valence-electron chi connectivity index (χ1n) is 7.21. The van der Waals surface area contributed by atoms with Crippen molar-refractivity contribution in [3.8, 4) is 17.1 Å². The predicted octanol–water partition coefficient (Wildman–Crippen LogP) is 2.32. The Kier molecular flexibility index (Phi) is 2.79. The number of nitrogens with zero attached hydrogens (tertiary/aromatic N) is 5. The molecule has 5 nitrogen and oxygen atoms in total. The van der Waals surface area contributed by atoms with E-state index in [1.165, 1.54) is 0 Å². The van der Waals surface area contributed by atoms with Crippen molar-refractivity contribution >= 4 is 5.78 Å². The van der Waals surface area contributed by atoms with Gasteiger partial charge >= 0.3 is 5.78 Å². The average molecular weight is 290 g/mol. The Labute approximate surface area is 128 Å². The van der Waals surface area contributed by atoms with Gasteiger partial charge in [-0.05, 0) is 24.3 Å². The third-order valence-corrected chi connectivity index (χ3v) is 3.90. The van der Waals surface area contributed by atoms with Crippen molar-refractivity contribution in [2.45, 2.75) is 6.92 Å². The normalized spacial score (nSPS) is 11.2. The predicted molar refractivity (Wildman–Crippen MR) is 83.7 cm³/mol. The number of para-hydroxylation sites is 1. The van der Waals surface area contributed by atoms with Crippen LogP contribution in [0.1, 0.15) is 5.82 Å². The Bertz CT molecular complexity index is 936. The van der Waals surface area contributed by atoms with E-state index in [2.05, 4.69) is 50.5 Å². The summed E-state index contributed by atoms with van der Waals surface area (Å²) in [5, 5.41) is 8.72. The summed E-state index contributed by atoms with van der Waals surface area (Å²) in [6, 6.07) is 20.4. The fourth-order valence-electron chi connectivity index (χ4n) is 2.89. The van der Waals surface area contributed by atoms with E-state index in [0.717, 1.165) is 28.7 Å². The first kappa shape index (κ1) is 12.8. The summed E-state index contributed by atoms with van der Waals surface area (Å²) in [7, 11) is 2.00. The second-order valence-corrected chi connectivity index (χ2v) is 5.24. The van der Waals surface area contributed by atoms with Crippen molar-refractivity contribution in [1.29, 1.82) is 0 Å². The van der Waals surface area contributed by atoms with Crippen molar-refractivity contribution in [3.63, 3.8) is 0 Å². The quantitative estimate of drug-likeness (QED) is 0.531. The maximum atomic E-state index is 4.36. The van der Waals surface area contributed by atoms with E-state index in [-0.39, 0.29) is 0 Å². The van der Waals surface area contributed by atoms with Gasteiger partial charge in [0, 0.05) is 12.5 Å². The molecule has 0 N–H and O–H groups in total. The van der Waals surface area contributed by atoms with Gasteiger partial charge in [0.05, 0.1) is 7.05 Å². The Morgan fingerprint density at radius 2 is 1.50 bits per heavy atom. The standard InChI is InChI=1S/C17H16N5/c1-13-21-16(14-9-5-3-6-10-14)18-19-17(21)20(2)22(13)15-11-7-4-8-12-15/h3-12H,1-2H3/q+1. The zero-order valence-corrected chi connectivity index (χ0v) is 12.5. The first-order valence-corrected chi connectivity index (χ1v) is 7.21. The molecule has 0 unspecified atom stereocenters. The van der Waals surface area contributed by atoms with Gasteiger partial charge in [0.15, 0.2) is 5.69 Å². The van der Waals surface area contributed by atoms with Crippen molar-refractivity contribution in [3.05, 3.63) is 66.5 Å². The third kappa shape index (κ3) is 1.75. The van der Waals surface area contributed by atoms with E-state index in [1.807, 2.05) is 48.1 Å². The summed E-state index contributed by atoms with van der Waals surface area (Å²) >= 11 is 0. The molecule has 22 heavy (non-hydrogen) atoms. The molecule has 4 rings (SSSR count). The lowest BCUT2D eigenvalue weighted by atomic mass is 10.2. The molecule has 0 spiro atoms. The second kappa shape index (κ2) is 4.80. The zero-order chi connectivity index (χ0) is 15.1. The molecule has 0 aliphatic rings. The highest BCUT2D eigenvalue weighted by Crippen LogP contribution is 2.19. The summed E-state index contributed by atoms with van der Waals surface area (Å²) in [6.07, 6.45) is 0. The van der Waals surface area contributed by atoms with Crippen LogP contribution in [-0.4, -0.2) is 19.3 Å². The molecule has 2 heterocycles. The van der Waals surface area contributed by atoms with Crippen LogP contribution in [-0.2, 0) is 7.05 Å². The Morgan fingerprint density at radius 1 is 0.864 bits per heavy atom. The molecule has 0 fully saturated rings. The number of rotatable bonds is 2. The van der Waals surface area contributed by atoms with Gasteiger partial charge in [-0.1, -0.05) is 41.5 Å². The molecule has 0 aliphatic carbocycles. The van der Waals surface area contributed by atoms with Gasteiger partial charge in [-0.3, -0.25) is 0 Å². The molecule has 4 aromatic rings. The van der Waals surface area contributed by atoms with Crippen LogP contribution >= 0.6 is 0 Å². The van der Waals surface area contributed by atoms with E-state index < -0.39 is 0 Å². The molecule has 0 atom stereocenters. The molecule has 0 saturated carbocycles. The summed E-state index contributed by atoms with van der Waals surface area (Å²) in [5.74, 6) is 2.74. The van der Waals surface area contributed by atoms with Crippen LogP contribution in [0.25, 0.3) is 22.9 Å². The number of aromatic nitrogens is 5. The SMILES string of the molecule is Cc1n2c(-c3ccccc3)nnc2n(C)[n+]1-c1ccccc1. The van der Waals surface area contributed by atoms with Gasteiger partial charge in [0.2, 0.25) is 0 Å². The minimum Gasteiger partial charge on any atom is -0.157 e. The molecule has 108 valence electrons. The van der Waals surface area contributed by atoms with Crippen LogP contribution in [0.15, 0.2) is 60.7 Å². The molecule has 0 saturated heterocycles. The lowest BCUT2D eigenvalue weighted by Gasteiger charge is -2.00. The van der Waals surface area contributed by atoms with Crippen LogP contribution in [0.5, 0.6) is 0 Å². The molecule has 0 aliphatic heterocycles. The molecule has 0 bridgehead atoms. The van der Waals surface area contributed by atoms with Crippen LogP contribution in [0.2, 0.25) is 0 Å². The van der Waals surface area contributed by atoms with Crippen molar-refractivity contribution in [2.24, 2.45) is 7.05 Å². The summed E-state index contributed by atoms with van der Waals surface area (Å²) < 4.78 is 6.24. The monoisotopic (exact) mass is 290 g/mol. The molecular formula is C17H16N5+. The minimum atomic E-state index is 0.820. The number of hydrogen-bond donors (Lipinski definition) is 0. The molecule has 0 amide bonds. The minimum absolute atomic E-state index is 0.820. The van der Waals surface area contributed by atoms with Gasteiger partial charge in [-0.15, -0.1) is 14.2 Å². The largest absolute Gasteiger partial charge is 0.359 e. The highest BCUT2D eigenvalue weighted by atomic mass is 15.5. The van der Waals surface area contributed by atoms with Gasteiger partial charge in [0.1, 0.15) is 0 Å². The van der Waals surface area contributed by atoms with Crippen molar-refractivity contribution in [2.75, 3.05) is 0 Å².